The van der Waals surface area contributed by atoms with Crippen LogP contribution >= 0.6 is 11.6 Å². The minimum Gasteiger partial charge on any atom is -0.321 e. The van der Waals surface area contributed by atoms with E-state index >= 15 is 0 Å². The molecule has 1 heterocycles. The summed E-state index contributed by atoms with van der Waals surface area (Å²) in [6.07, 6.45) is 0.629. The van der Waals surface area contributed by atoms with Crippen LogP contribution in [0, 0.1) is 35.5 Å². The predicted molar refractivity (Wildman–Crippen MR) is 118 cm³/mol. The highest BCUT2D eigenvalue weighted by atomic mass is 35.5. The fourth-order valence-corrected chi connectivity index (χ4v) is 6.15. The number of alkyl halides is 3. The molecule has 5 aliphatic rings. The average molecular weight is 487 g/mol. The van der Waals surface area contributed by atoms with Crippen molar-refractivity contribution < 1.29 is 27.6 Å². The first-order valence-corrected chi connectivity index (χ1v) is 11.4. The summed E-state index contributed by atoms with van der Waals surface area (Å²) in [4.78, 5) is 40.6. The summed E-state index contributed by atoms with van der Waals surface area (Å²) in [5, 5.41) is 2.35. The van der Waals surface area contributed by atoms with Crippen LogP contribution in [0.2, 0.25) is 5.02 Å². The van der Waals surface area contributed by atoms with Crippen molar-refractivity contribution in [3.05, 3.63) is 70.8 Å². The highest BCUT2D eigenvalue weighted by Gasteiger charge is 2.67. The first-order chi connectivity index (χ1) is 16.1. The van der Waals surface area contributed by atoms with Gasteiger partial charge >= 0.3 is 6.18 Å². The number of hydrogen-bond donors (Lipinski definition) is 1. The topological polar surface area (TPSA) is 66.5 Å². The SMILES string of the molecule is O=C(Nc1cc(C(F)(F)F)ccc1Cl)c1cccc(N2C(=O)C3C4C=CC(C5CC45)C3C2=O)c1. The maximum absolute atomic E-state index is 13.3. The van der Waals surface area contributed by atoms with E-state index in [0.29, 0.717) is 11.8 Å². The van der Waals surface area contributed by atoms with Crippen molar-refractivity contribution in [2.45, 2.75) is 12.6 Å². The van der Waals surface area contributed by atoms with Crippen LogP contribution in [-0.2, 0) is 15.8 Å². The number of hydrogen-bond acceptors (Lipinski definition) is 3. The Bertz CT molecular complexity index is 1250. The van der Waals surface area contributed by atoms with Gasteiger partial charge in [0.15, 0.2) is 0 Å². The Kier molecular flexibility index (Phi) is 4.52. The lowest BCUT2D eigenvalue weighted by molar-refractivity contribution is -0.137. The van der Waals surface area contributed by atoms with E-state index in [1.54, 1.807) is 6.07 Å². The molecule has 2 saturated carbocycles. The average Bonchev–Trinajstić information content (AvgIpc) is 3.58. The number of allylic oxidation sites excluding steroid dienone is 2. The molecule has 7 rings (SSSR count). The molecule has 2 aromatic carbocycles. The minimum atomic E-state index is -4.59. The van der Waals surface area contributed by atoms with E-state index < -0.39 is 17.6 Å². The monoisotopic (exact) mass is 486 g/mol. The lowest BCUT2D eigenvalue weighted by Gasteiger charge is -2.37. The second-order valence-corrected chi connectivity index (χ2v) is 9.77. The molecule has 0 spiro atoms. The number of imide groups is 1. The zero-order chi connectivity index (χ0) is 23.9. The van der Waals surface area contributed by atoms with E-state index in [4.69, 9.17) is 11.6 Å². The number of benzene rings is 2. The molecule has 3 amide bonds. The number of halogens is 4. The highest BCUT2D eigenvalue weighted by Crippen LogP contribution is 2.65. The predicted octanol–water partition coefficient (Wildman–Crippen LogP) is 5.17. The molecular formula is C25H18ClF3N2O3. The largest absolute Gasteiger partial charge is 0.416 e. The number of carbonyl (C=O) groups is 3. The van der Waals surface area contributed by atoms with Crippen LogP contribution in [0.5, 0.6) is 0 Å². The number of rotatable bonds is 3. The van der Waals surface area contributed by atoms with Crippen molar-refractivity contribution in [2.75, 3.05) is 10.2 Å². The smallest absolute Gasteiger partial charge is 0.321 e. The van der Waals surface area contributed by atoms with E-state index in [1.807, 2.05) is 0 Å². The number of nitrogens with zero attached hydrogens (tertiary/aromatic N) is 1. The third-order valence-electron chi connectivity index (χ3n) is 7.57. The molecule has 5 nitrogen and oxygen atoms in total. The van der Waals surface area contributed by atoms with Crippen LogP contribution in [-0.4, -0.2) is 17.7 Å². The fraction of sp³-hybridized carbons (Fsp3) is 0.320. The van der Waals surface area contributed by atoms with E-state index in [0.717, 1.165) is 24.6 Å². The number of amides is 3. The summed E-state index contributed by atoms with van der Waals surface area (Å²) >= 11 is 5.98. The zero-order valence-electron chi connectivity index (χ0n) is 17.6. The summed E-state index contributed by atoms with van der Waals surface area (Å²) in [5.74, 6) is -0.837. The number of carbonyl (C=O) groups excluding carboxylic acids is 3. The molecule has 0 aromatic heterocycles. The Balaban J connectivity index is 1.27. The molecular weight excluding hydrogens is 469 g/mol. The lowest BCUT2D eigenvalue weighted by atomic mass is 9.63. The van der Waals surface area contributed by atoms with Crippen LogP contribution in [0.15, 0.2) is 54.6 Å². The van der Waals surface area contributed by atoms with Crippen molar-refractivity contribution in [1.29, 1.82) is 0 Å². The molecule has 1 saturated heterocycles. The van der Waals surface area contributed by atoms with E-state index in [9.17, 15) is 27.6 Å². The molecule has 6 unspecified atom stereocenters. The summed E-state index contributed by atoms with van der Waals surface area (Å²) in [7, 11) is 0. The van der Waals surface area contributed by atoms with Gasteiger partial charge in [-0.15, -0.1) is 0 Å². The second-order valence-electron chi connectivity index (χ2n) is 9.36. The zero-order valence-corrected chi connectivity index (χ0v) is 18.3. The van der Waals surface area contributed by atoms with Crippen LogP contribution < -0.4 is 10.2 Å². The third kappa shape index (κ3) is 3.11. The summed E-state index contributed by atoms with van der Waals surface area (Å²) < 4.78 is 39.1. The molecule has 1 aliphatic heterocycles. The van der Waals surface area contributed by atoms with Crippen LogP contribution in [0.4, 0.5) is 24.5 Å². The lowest BCUT2D eigenvalue weighted by Crippen LogP contribution is -2.40. The molecule has 9 heteroatoms. The third-order valence-corrected chi connectivity index (χ3v) is 7.90. The maximum atomic E-state index is 13.3. The Labute approximate surface area is 197 Å². The molecule has 0 radical (unpaired) electrons. The van der Waals surface area contributed by atoms with Gasteiger partial charge < -0.3 is 5.32 Å². The Morgan fingerprint density at radius 1 is 0.971 bits per heavy atom. The van der Waals surface area contributed by atoms with Crippen molar-refractivity contribution in [2.24, 2.45) is 35.5 Å². The van der Waals surface area contributed by atoms with Gasteiger partial charge in [-0.2, -0.15) is 13.2 Å². The normalized spacial score (nSPS) is 30.9. The van der Waals surface area contributed by atoms with Gasteiger partial charge in [-0.05, 0) is 66.5 Å². The van der Waals surface area contributed by atoms with Crippen molar-refractivity contribution in [3.8, 4) is 0 Å². The molecule has 1 N–H and O–H groups in total. The standard InChI is InChI=1S/C25H18ClF3N2O3/c26-18-7-4-12(25(27,28)29)9-19(18)30-22(32)11-2-1-3-13(8-11)31-23(33)20-14-5-6-15(17-10-16(14)17)21(20)24(31)34/h1-9,14-17,20-21H,10H2,(H,30,32). The summed E-state index contributed by atoms with van der Waals surface area (Å²) in [6.45, 7) is 0. The molecule has 6 atom stereocenters. The van der Waals surface area contributed by atoms with E-state index in [1.165, 1.54) is 23.1 Å². The highest BCUT2D eigenvalue weighted by molar-refractivity contribution is 6.34. The Morgan fingerprint density at radius 2 is 1.62 bits per heavy atom. The molecule has 4 aliphatic carbocycles. The van der Waals surface area contributed by atoms with Crippen LogP contribution in [0.3, 0.4) is 0 Å². The first kappa shape index (κ1) is 21.4. The Morgan fingerprint density at radius 3 is 2.24 bits per heavy atom. The van der Waals surface area contributed by atoms with Crippen molar-refractivity contribution >= 4 is 40.7 Å². The van der Waals surface area contributed by atoms with Crippen molar-refractivity contribution in [3.63, 3.8) is 0 Å². The summed E-state index contributed by atoms with van der Waals surface area (Å²) in [6, 6.07) is 8.62. The van der Waals surface area contributed by atoms with Crippen LogP contribution in [0.25, 0.3) is 0 Å². The first-order valence-electron chi connectivity index (χ1n) is 11.0. The molecule has 34 heavy (non-hydrogen) atoms. The van der Waals surface area contributed by atoms with Gasteiger partial charge in [-0.25, -0.2) is 4.90 Å². The number of nitrogens with one attached hydrogen (secondary N) is 1. The quantitative estimate of drug-likeness (QED) is 0.481. The maximum Gasteiger partial charge on any atom is 0.416 e. The molecule has 2 aromatic rings. The van der Waals surface area contributed by atoms with Gasteiger partial charge in [0.05, 0.1) is 33.8 Å². The second kappa shape index (κ2) is 7.18. The van der Waals surface area contributed by atoms with Gasteiger partial charge in [-0.3, -0.25) is 14.4 Å². The minimum absolute atomic E-state index is 0.0481. The fourth-order valence-electron chi connectivity index (χ4n) is 5.99. The molecule has 2 bridgehead atoms. The van der Waals surface area contributed by atoms with Gasteiger partial charge in [0.25, 0.3) is 5.91 Å². The Hall–Kier alpha value is -3.13. The van der Waals surface area contributed by atoms with Crippen molar-refractivity contribution in [1.82, 2.24) is 0 Å². The molecule has 174 valence electrons. The molecule has 3 fully saturated rings. The van der Waals surface area contributed by atoms with Crippen LogP contribution in [0.1, 0.15) is 22.3 Å². The van der Waals surface area contributed by atoms with Gasteiger partial charge in [0, 0.05) is 5.56 Å². The summed E-state index contributed by atoms with van der Waals surface area (Å²) in [5.41, 5.74) is -0.767. The van der Waals surface area contributed by atoms with Gasteiger partial charge in [-0.1, -0.05) is 29.8 Å². The van der Waals surface area contributed by atoms with E-state index in [2.05, 4.69) is 17.5 Å². The number of anilines is 2. The van der Waals surface area contributed by atoms with E-state index in [-0.39, 0.29) is 57.4 Å². The van der Waals surface area contributed by atoms with Gasteiger partial charge in [0.1, 0.15) is 0 Å². The van der Waals surface area contributed by atoms with Gasteiger partial charge in [0.2, 0.25) is 11.8 Å².